The van der Waals surface area contributed by atoms with E-state index in [0.29, 0.717) is 0 Å². The van der Waals surface area contributed by atoms with Gasteiger partial charge in [-0.15, -0.1) is 0 Å². The van der Waals surface area contributed by atoms with Gasteiger partial charge in [-0.2, -0.15) is 0 Å². The zero-order valence-corrected chi connectivity index (χ0v) is 7.66. The molecular weight excluding hydrogens is 201 g/mol. The first-order valence-corrected chi connectivity index (χ1v) is 4.86. The summed E-state index contributed by atoms with van der Waals surface area (Å²) in [6.45, 7) is 3.65. The van der Waals surface area contributed by atoms with E-state index < -0.39 is 0 Å². The van der Waals surface area contributed by atoms with E-state index in [1.807, 2.05) is 24.3 Å². The van der Waals surface area contributed by atoms with Crippen molar-refractivity contribution in [3.05, 3.63) is 36.4 Å². The summed E-state index contributed by atoms with van der Waals surface area (Å²) in [6, 6.07) is 7.89. The van der Waals surface area contributed by atoms with Gasteiger partial charge in [0.05, 0.1) is 0 Å². The van der Waals surface area contributed by atoms with Crippen molar-refractivity contribution in [1.82, 2.24) is 0 Å². The van der Waals surface area contributed by atoms with Crippen molar-refractivity contribution < 1.29 is 0 Å². The Balaban J connectivity index is 2.84. The van der Waals surface area contributed by atoms with E-state index >= 15 is 0 Å². The van der Waals surface area contributed by atoms with Crippen LogP contribution in [0.3, 0.4) is 0 Å². The van der Waals surface area contributed by atoms with Gasteiger partial charge in [0, 0.05) is 0 Å². The summed E-state index contributed by atoms with van der Waals surface area (Å²) in [7, 11) is 0. The maximum absolute atomic E-state index is 8.40. The maximum atomic E-state index is 8.40. The molecule has 0 unspecified atom stereocenters. The Morgan fingerprint density at radius 3 is 2.45 bits per heavy atom. The second-order valence-electron chi connectivity index (χ2n) is 1.97. The summed E-state index contributed by atoms with van der Waals surface area (Å²) in [5.41, 5.74) is 1.10. The van der Waals surface area contributed by atoms with Crippen LogP contribution in [0.5, 0.6) is 0 Å². The van der Waals surface area contributed by atoms with Gasteiger partial charge >= 0.3 is 72.1 Å². The third kappa shape index (κ3) is 2.23. The molecule has 0 fully saturated rings. The van der Waals surface area contributed by atoms with Crippen LogP contribution >= 0.6 is 0 Å². The molecule has 1 aromatic rings. The Kier molecular flexibility index (Phi) is 2.92. The minimum absolute atomic E-state index is 0.0281. The Labute approximate surface area is 72.5 Å². The van der Waals surface area contributed by atoms with Crippen molar-refractivity contribution >= 4 is 25.5 Å². The first-order chi connectivity index (χ1) is 5.36. The van der Waals surface area contributed by atoms with E-state index in [2.05, 4.69) is 11.5 Å². The molecule has 0 bridgehead atoms. The monoisotopic (exact) mass is 209 g/mol. The molecule has 0 aromatic heterocycles. The van der Waals surface area contributed by atoms with Gasteiger partial charge in [0.2, 0.25) is 0 Å². The first kappa shape index (κ1) is 8.07. The molecule has 0 amide bonds. The zero-order valence-electron chi connectivity index (χ0n) is 5.95. The number of hydrogen-bond acceptors (Lipinski definition) is 1. The molecule has 1 aromatic carbocycles. The molecular formula is C9H7NSe. The molecule has 0 radical (unpaired) electrons. The Morgan fingerprint density at radius 1 is 1.36 bits per heavy atom. The SMILES string of the molecule is C=Cc1ccc([Se]C#N)cc1. The summed E-state index contributed by atoms with van der Waals surface area (Å²) in [4.78, 5) is 2.16. The van der Waals surface area contributed by atoms with E-state index in [1.54, 1.807) is 6.08 Å². The predicted molar refractivity (Wildman–Crippen MR) is 47.5 cm³/mol. The van der Waals surface area contributed by atoms with Crippen molar-refractivity contribution in [2.75, 3.05) is 0 Å². The van der Waals surface area contributed by atoms with Crippen LogP contribution in [0.2, 0.25) is 0 Å². The molecule has 11 heavy (non-hydrogen) atoms. The second kappa shape index (κ2) is 3.98. The van der Waals surface area contributed by atoms with Crippen molar-refractivity contribution in [1.29, 1.82) is 5.26 Å². The average Bonchev–Trinajstić information content (AvgIpc) is 2.07. The van der Waals surface area contributed by atoms with Crippen LogP contribution in [0, 0.1) is 10.2 Å². The van der Waals surface area contributed by atoms with Crippen LogP contribution in [0.15, 0.2) is 30.8 Å². The zero-order chi connectivity index (χ0) is 8.10. The second-order valence-corrected chi connectivity index (χ2v) is 3.77. The summed E-state index contributed by atoms with van der Waals surface area (Å²) >= 11 is -0.0281. The average molecular weight is 208 g/mol. The standard InChI is InChI=1S/C9H7NSe/c1-2-8-3-5-9(6-4-8)11-7-10/h2-6H,1H2. The molecule has 2 heteroatoms. The number of nitrogens with zero attached hydrogens (tertiary/aromatic N) is 1. The van der Waals surface area contributed by atoms with Gasteiger partial charge < -0.3 is 0 Å². The van der Waals surface area contributed by atoms with Crippen molar-refractivity contribution in [3.8, 4) is 4.97 Å². The predicted octanol–water partition coefficient (Wildman–Crippen LogP) is 1.14. The number of hydrogen-bond donors (Lipinski definition) is 0. The molecule has 1 nitrogen and oxygen atoms in total. The molecule has 0 N–H and O–H groups in total. The molecule has 54 valence electrons. The fourth-order valence-corrected chi connectivity index (χ4v) is 1.52. The van der Waals surface area contributed by atoms with E-state index in [4.69, 9.17) is 5.26 Å². The third-order valence-corrected chi connectivity index (χ3v) is 2.54. The van der Waals surface area contributed by atoms with Crippen LogP contribution in [0.25, 0.3) is 6.08 Å². The summed E-state index contributed by atoms with van der Waals surface area (Å²) in [6.07, 6.45) is 1.79. The fraction of sp³-hybridized carbons (Fsp3) is 0. The molecule has 0 heterocycles. The molecule has 0 saturated carbocycles. The van der Waals surface area contributed by atoms with Gasteiger partial charge in [0.15, 0.2) is 0 Å². The molecule has 1 rings (SSSR count). The fourth-order valence-electron chi connectivity index (χ4n) is 0.725. The minimum atomic E-state index is -0.0281. The number of nitriles is 1. The van der Waals surface area contributed by atoms with Crippen LogP contribution < -0.4 is 4.46 Å². The van der Waals surface area contributed by atoms with Crippen LogP contribution in [0.1, 0.15) is 5.56 Å². The van der Waals surface area contributed by atoms with Crippen LogP contribution in [0.4, 0.5) is 0 Å². The summed E-state index contributed by atoms with van der Waals surface area (Å²) in [5, 5.41) is 8.40. The van der Waals surface area contributed by atoms with Crippen molar-refractivity contribution in [3.63, 3.8) is 0 Å². The Morgan fingerprint density at radius 2 is 2.00 bits per heavy atom. The molecule has 0 saturated heterocycles. The van der Waals surface area contributed by atoms with E-state index in [0.717, 1.165) is 10.0 Å². The van der Waals surface area contributed by atoms with E-state index in [1.165, 1.54) is 0 Å². The number of benzene rings is 1. The normalized spacial score (nSPS) is 8.64. The number of rotatable bonds is 2. The van der Waals surface area contributed by atoms with Gasteiger partial charge in [0.1, 0.15) is 0 Å². The first-order valence-electron chi connectivity index (χ1n) is 3.15. The van der Waals surface area contributed by atoms with Gasteiger partial charge in [0.25, 0.3) is 0 Å². The van der Waals surface area contributed by atoms with E-state index in [-0.39, 0.29) is 15.0 Å². The summed E-state index contributed by atoms with van der Waals surface area (Å²) in [5.74, 6) is 0. The quantitative estimate of drug-likeness (QED) is 0.668. The Hall–Kier alpha value is -1.03. The Bertz CT molecular complexity index is 281. The molecule has 0 aliphatic carbocycles. The molecule has 0 atom stereocenters. The third-order valence-electron chi connectivity index (χ3n) is 1.28. The molecule has 0 aliphatic heterocycles. The molecule has 0 aliphatic rings. The van der Waals surface area contributed by atoms with Crippen molar-refractivity contribution in [2.45, 2.75) is 0 Å². The summed E-state index contributed by atoms with van der Waals surface area (Å²) < 4.78 is 1.12. The molecule has 0 spiro atoms. The van der Waals surface area contributed by atoms with Gasteiger partial charge in [-0.3, -0.25) is 0 Å². The van der Waals surface area contributed by atoms with Crippen LogP contribution in [-0.2, 0) is 0 Å². The van der Waals surface area contributed by atoms with E-state index in [9.17, 15) is 0 Å². The van der Waals surface area contributed by atoms with Crippen LogP contribution in [-0.4, -0.2) is 15.0 Å². The van der Waals surface area contributed by atoms with Gasteiger partial charge in [-0.25, -0.2) is 0 Å². The van der Waals surface area contributed by atoms with Gasteiger partial charge in [-0.1, -0.05) is 0 Å². The topological polar surface area (TPSA) is 23.8 Å². The van der Waals surface area contributed by atoms with Gasteiger partial charge in [-0.05, 0) is 0 Å². The van der Waals surface area contributed by atoms with Crippen molar-refractivity contribution in [2.24, 2.45) is 0 Å².